The Balaban J connectivity index is 2.03. The molecule has 3 heteroatoms. The maximum atomic E-state index is 12.0. The molecule has 3 unspecified atom stereocenters. The molecular weight excluding hydrogens is 430 g/mol. The molecule has 35 heavy (non-hydrogen) atoms. The monoisotopic (exact) mass is 483 g/mol. The molecule has 3 atom stereocenters. The van der Waals surface area contributed by atoms with Gasteiger partial charge in [-0.2, -0.15) is 0 Å². The Morgan fingerprint density at radius 3 is 2.37 bits per heavy atom. The van der Waals surface area contributed by atoms with E-state index < -0.39 is 5.97 Å². The quantitative estimate of drug-likeness (QED) is 0.153. The number of carboxylic acid groups (broad SMARTS) is 1. The van der Waals surface area contributed by atoms with Gasteiger partial charge in [-0.05, 0) is 93.1 Å². The largest absolute Gasteiger partial charge is 0.481 e. The van der Waals surface area contributed by atoms with Gasteiger partial charge >= 0.3 is 5.97 Å². The lowest BCUT2D eigenvalue weighted by Gasteiger charge is -2.37. The molecule has 1 saturated carbocycles. The van der Waals surface area contributed by atoms with Gasteiger partial charge in [0, 0.05) is 6.42 Å². The molecule has 0 bridgehead atoms. The van der Waals surface area contributed by atoms with Crippen LogP contribution in [-0.4, -0.2) is 17.6 Å². The first-order valence-corrected chi connectivity index (χ1v) is 14.7. The Morgan fingerprint density at radius 1 is 1.00 bits per heavy atom. The summed E-state index contributed by atoms with van der Waals surface area (Å²) in [4.78, 5) is 12.0. The van der Waals surface area contributed by atoms with E-state index in [-0.39, 0.29) is 17.8 Å². The minimum atomic E-state index is -0.656. The molecule has 1 aliphatic rings. The first-order valence-electron chi connectivity index (χ1n) is 14.7. The molecule has 198 valence electrons. The molecule has 0 spiro atoms. The number of nitrogens with two attached hydrogens (primary N) is 1. The van der Waals surface area contributed by atoms with Gasteiger partial charge in [0.1, 0.15) is 0 Å². The second-order valence-corrected chi connectivity index (χ2v) is 11.2. The zero-order valence-electron chi connectivity index (χ0n) is 22.7. The van der Waals surface area contributed by atoms with Crippen molar-refractivity contribution >= 4 is 5.97 Å². The highest BCUT2D eigenvalue weighted by molar-refractivity contribution is 5.67. The maximum absolute atomic E-state index is 12.0. The molecule has 0 aromatic heterocycles. The van der Waals surface area contributed by atoms with Crippen LogP contribution in [0.4, 0.5) is 0 Å². The van der Waals surface area contributed by atoms with Gasteiger partial charge < -0.3 is 10.8 Å². The first kappa shape index (κ1) is 29.6. The second kappa shape index (κ2) is 17.0. The fraction of sp³-hybridized carbons (Fsp3) is 0.719. The van der Waals surface area contributed by atoms with Crippen LogP contribution in [0.2, 0.25) is 0 Å². The predicted molar refractivity (Wildman–Crippen MR) is 150 cm³/mol. The third kappa shape index (κ3) is 10.5. The molecule has 1 aromatic rings. The van der Waals surface area contributed by atoms with Crippen LogP contribution in [0.25, 0.3) is 0 Å². The number of hydrogen-bond acceptors (Lipinski definition) is 2. The van der Waals surface area contributed by atoms with Crippen molar-refractivity contribution in [2.75, 3.05) is 6.54 Å². The van der Waals surface area contributed by atoms with Gasteiger partial charge in [-0.3, -0.25) is 4.79 Å². The van der Waals surface area contributed by atoms with Crippen LogP contribution in [0.5, 0.6) is 0 Å². The fourth-order valence-corrected chi connectivity index (χ4v) is 6.45. The van der Waals surface area contributed by atoms with Crippen LogP contribution < -0.4 is 5.73 Å². The Labute approximate surface area is 216 Å². The first-order chi connectivity index (χ1) is 17.0. The van der Waals surface area contributed by atoms with Crippen molar-refractivity contribution in [1.82, 2.24) is 0 Å². The van der Waals surface area contributed by atoms with Crippen molar-refractivity contribution in [3.63, 3.8) is 0 Å². The summed E-state index contributed by atoms with van der Waals surface area (Å²) >= 11 is 0. The van der Waals surface area contributed by atoms with Crippen molar-refractivity contribution < 1.29 is 9.90 Å². The highest BCUT2D eigenvalue weighted by atomic mass is 16.4. The average Bonchev–Trinajstić information content (AvgIpc) is 3.34. The zero-order valence-corrected chi connectivity index (χ0v) is 22.7. The molecule has 0 radical (unpaired) electrons. The van der Waals surface area contributed by atoms with E-state index >= 15 is 0 Å². The molecule has 3 N–H and O–H groups in total. The van der Waals surface area contributed by atoms with Crippen molar-refractivity contribution in [1.29, 1.82) is 0 Å². The summed E-state index contributed by atoms with van der Waals surface area (Å²) in [5, 5.41) is 9.83. The van der Waals surface area contributed by atoms with Crippen molar-refractivity contribution in [2.24, 2.45) is 23.5 Å². The predicted octanol–water partition coefficient (Wildman–Crippen LogP) is 8.67. The fourth-order valence-electron chi connectivity index (χ4n) is 6.45. The molecular formula is C32H53NO2. The minimum absolute atomic E-state index is 0.138. The molecule has 1 aromatic carbocycles. The van der Waals surface area contributed by atoms with Crippen molar-refractivity contribution in [3.05, 3.63) is 48.0 Å². The van der Waals surface area contributed by atoms with E-state index in [1.807, 2.05) is 0 Å². The average molecular weight is 484 g/mol. The second-order valence-electron chi connectivity index (χ2n) is 11.2. The zero-order chi connectivity index (χ0) is 25.4. The number of aliphatic carboxylic acids is 1. The maximum Gasteiger partial charge on any atom is 0.303 e. The lowest BCUT2D eigenvalue weighted by Crippen LogP contribution is -2.31. The Bertz CT molecular complexity index is 708. The third-order valence-electron chi connectivity index (χ3n) is 8.62. The van der Waals surface area contributed by atoms with E-state index in [0.717, 1.165) is 25.7 Å². The van der Waals surface area contributed by atoms with Gasteiger partial charge in [-0.15, -0.1) is 0 Å². The molecule has 1 aliphatic carbocycles. The third-order valence-corrected chi connectivity index (χ3v) is 8.62. The molecule has 0 amide bonds. The summed E-state index contributed by atoms with van der Waals surface area (Å²) in [6, 6.07) is 10.9. The molecule has 1 fully saturated rings. The van der Waals surface area contributed by atoms with Crippen molar-refractivity contribution in [3.8, 4) is 0 Å². The lowest BCUT2D eigenvalue weighted by molar-refractivity contribution is -0.138. The highest BCUT2D eigenvalue weighted by Gasteiger charge is 2.39. The highest BCUT2D eigenvalue weighted by Crippen LogP contribution is 2.48. The van der Waals surface area contributed by atoms with Crippen LogP contribution in [-0.2, 0) is 10.2 Å². The van der Waals surface area contributed by atoms with Crippen LogP contribution in [0, 0.1) is 17.8 Å². The van der Waals surface area contributed by atoms with Crippen molar-refractivity contribution in [2.45, 2.75) is 122 Å². The van der Waals surface area contributed by atoms with Gasteiger partial charge in [-0.1, -0.05) is 94.9 Å². The SMILES string of the molecule is CCCCCCC=CCC(CC)CCC(CCN)C(CC(=O)O)CC1(c2ccccc2)CCCC1. The number of rotatable bonds is 19. The standard InChI is InChI=1S/C32H53NO2/c1-3-5-6-7-8-9-11-16-27(4-2)19-20-28(21-24-33)29(25-31(34)35)26-32(22-14-15-23-32)30-17-12-10-13-18-30/h9-13,17-18,27-29H,3-8,14-16,19-26,33H2,1-2H3,(H,34,35). The minimum Gasteiger partial charge on any atom is -0.481 e. The lowest BCUT2D eigenvalue weighted by atomic mass is 9.67. The molecule has 0 saturated heterocycles. The molecule has 3 nitrogen and oxygen atoms in total. The topological polar surface area (TPSA) is 63.3 Å². The van der Waals surface area contributed by atoms with Crippen LogP contribution >= 0.6 is 0 Å². The van der Waals surface area contributed by atoms with Gasteiger partial charge in [0.05, 0.1) is 0 Å². The summed E-state index contributed by atoms with van der Waals surface area (Å²) in [6.45, 7) is 5.21. The summed E-state index contributed by atoms with van der Waals surface area (Å²) in [5.74, 6) is 0.615. The van der Waals surface area contributed by atoms with E-state index in [2.05, 4.69) is 56.3 Å². The number of hydrogen-bond donors (Lipinski definition) is 2. The van der Waals surface area contributed by atoms with E-state index in [1.165, 1.54) is 76.2 Å². The van der Waals surface area contributed by atoms with Crippen LogP contribution in [0.1, 0.15) is 122 Å². The Hall–Kier alpha value is -1.61. The van der Waals surface area contributed by atoms with Gasteiger partial charge in [0.15, 0.2) is 0 Å². The smallest absolute Gasteiger partial charge is 0.303 e. The van der Waals surface area contributed by atoms with Gasteiger partial charge in [0.25, 0.3) is 0 Å². The molecule has 0 aliphatic heterocycles. The Kier molecular flexibility index (Phi) is 14.3. The normalized spacial score (nSPS) is 18.0. The van der Waals surface area contributed by atoms with E-state index in [4.69, 9.17) is 5.73 Å². The summed E-state index contributed by atoms with van der Waals surface area (Å²) in [5.41, 5.74) is 7.63. The Morgan fingerprint density at radius 2 is 1.74 bits per heavy atom. The number of carbonyl (C=O) groups is 1. The molecule has 2 rings (SSSR count). The van der Waals surface area contributed by atoms with E-state index in [1.54, 1.807) is 0 Å². The number of unbranched alkanes of at least 4 members (excludes halogenated alkanes) is 4. The summed E-state index contributed by atoms with van der Waals surface area (Å²) in [6.07, 6.45) is 22.9. The van der Waals surface area contributed by atoms with Crippen LogP contribution in [0.15, 0.2) is 42.5 Å². The van der Waals surface area contributed by atoms with E-state index in [9.17, 15) is 9.90 Å². The number of benzene rings is 1. The summed E-state index contributed by atoms with van der Waals surface area (Å²) < 4.78 is 0. The molecule has 0 heterocycles. The number of carboxylic acids is 1. The number of allylic oxidation sites excluding steroid dienone is 2. The van der Waals surface area contributed by atoms with Gasteiger partial charge in [0.2, 0.25) is 0 Å². The van der Waals surface area contributed by atoms with E-state index in [0.29, 0.717) is 18.4 Å². The summed E-state index contributed by atoms with van der Waals surface area (Å²) in [7, 11) is 0. The van der Waals surface area contributed by atoms with Gasteiger partial charge in [-0.25, -0.2) is 0 Å². The van der Waals surface area contributed by atoms with Crippen LogP contribution in [0.3, 0.4) is 0 Å².